The maximum atomic E-state index is 12.0. The van der Waals surface area contributed by atoms with E-state index in [2.05, 4.69) is 5.32 Å². The molecule has 2 N–H and O–H groups in total. The largest absolute Gasteiger partial charge is 0.480 e. The highest BCUT2D eigenvalue weighted by Gasteiger charge is 2.39. The number of methoxy groups -OCH3 is 1. The molecule has 0 aliphatic heterocycles. The van der Waals surface area contributed by atoms with Gasteiger partial charge in [0.25, 0.3) is 0 Å². The van der Waals surface area contributed by atoms with Gasteiger partial charge in [-0.1, -0.05) is 0 Å². The van der Waals surface area contributed by atoms with Crippen molar-refractivity contribution in [3.63, 3.8) is 0 Å². The van der Waals surface area contributed by atoms with Crippen LogP contribution in [0.3, 0.4) is 0 Å². The zero-order valence-corrected chi connectivity index (χ0v) is 13.4. The molecule has 0 spiro atoms. The first-order valence-electron chi connectivity index (χ1n) is 7.39. The number of nitrogens with one attached hydrogen (secondary N) is 1. The van der Waals surface area contributed by atoms with Crippen LogP contribution in [0.4, 0.5) is 0 Å². The van der Waals surface area contributed by atoms with Crippen LogP contribution in [-0.4, -0.2) is 47.9 Å². The number of carboxylic acids is 1. The lowest BCUT2D eigenvalue weighted by Crippen LogP contribution is -2.48. The van der Waals surface area contributed by atoms with Crippen LogP contribution in [0.15, 0.2) is 0 Å². The zero-order chi connectivity index (χ0) is 16.1. The molecule has 0 aromatic carbocycles. The number of hydrogen-bond acceptors (Lipinski definition) is 4. The van der Waals surface area contributed by atoms with Gasteiger partial charge in [0.15, 0.2) is 0 Å². The molecule has 1 rings (SSSR count). The first kappa shape index (κ1) is 17.9. The van der Waals surface area contributed by atoms with Gasteiger partial charge in [0.2, 0.25) is 5.91 Å². The molecule has 1 saturated carbocycles. The molecule has 1 atom stereocenters. The Balaban J connectivity index is 2.43. The zero-order valence-electron chi connectivity index (χ0n) is 13.4. The molecule has 0 aromatic heterocycles. The Morgan fingerprint density at radius 2 is 1.95 bits per heavy atom. The van der Waals surface area contributed by atoms with Crippen LogP contribution < -0.4 is 5.32 Å². The smallest absolute Gasteiger partial charge is 0.326 e. The SMILES string of the molecule is COC1(CC(=O)NC(CCOC(C)(C)C)C(=O)O)CCC1. The fourth-order valence-electron chi connectivity index (χ4n) is 2.30. The van der Waals surface area contributed by atoms with Crippen molar-refractivity contribution in [2.24, 2.45) is 0 Å². The second kappa shape index (κ2) is 7.22. The fraction of sp³-hybridized carbons (Fsp3) is 0.867. The van der Waals surface area contributed by atoms with Gasteiger partial charge in [-0.15, -0.1) is 0 Å². The normalized spacial score (nSPS) is 18.7. The van der Waals surface area contributed by atoms with E-state index in [4.69, 9.17) is 9.47 Å². The maximum absolute atomic E-state index is 12.0. The summed E-state index contributed by atoms with van der Waals surface area (Å²) in [7, 11) is 1.60. The molecule has 0 saturated heterocycles. The minimum absolute atomic E-state index is 0.216. The summed E-state index contributed by atoms with van der Waals surface area (Å²) in [6, 6.07) is -0.922. The number of carbonyl (C=O) groups excluding carboxylic acids is 1. The third-order valence-electron chi connectivity index (χ3n) is 3.76. The highest BCUT2D eigenvalue weighted by molar-refractivity contribution is 5.84. The van der Waals surface area contributed by atoms with Crippen LogP contribution >= 0.6 is 0 Å². The van der Waals surface area contributed by atoms with Crippen molar-refractivity contribution in [3.8, 4) is 0 Å². The van der Waals surface area contributed by atoms with E-state index in [-0.39, 0.29) is 31.0 Å². The van der Waals surface area contributed by atoms with Crippen molar-refractivity contribution >= 4 is 11.9 Å². The van der Waals surface area contributed by atoms with Crippen LogP contribution in [0, 0.1) is 0 Å². The number of aliphatic carboxylic acids is 1. The average Bonchev–Trinajstić information content (AvgIpc) is 2.31. The lowest BCUT2D eigenvalue weighted by molar-refractivity contribution is -0.145. The van der Waals surface area contributed by atoms with E-state index < -0.39 is 17.6 Å². The lowest BCUT2D eigenvalue weighted by Gasteiger charge is -2.40. The highest BCUT2D eigenvalue weighted by atomic mass is 16.5. The van der Waals surface area contributed by atoms with E-state index in [1.54, 1.807) is 7.11 Å². The Morgan fingerprint density at radius 1 is 1.33 bits per heavy atom. The molecule has 1 unspecified atom stereocenters. The van der Waals surface area contributed by atoms with Crippen molar-refractivity contribution in [3.05, 3.63) is 0 Å². The summed E-state index contributed by atoms with van der Waals surface area (Å²) in [6.07, 6.45) is 3.21. The average molecular weight is 301 g/mol. The van der Waals surface area contributed by atoms with Crippen LogP contribution in [0.5, 0.6) is 0 Å². The minimum Gasteiger partial charge on any atom is -0.480 e. The predicted molar refractivity (Wildman–Crippen MR) is 78.1 cm³/mol. The van der Waals surface area contributed by atoms with Gasteiger partial charge in [-0.05, 0) is 40.0 Å². The molecule has 1 fully saturated rings. The van der Waals surface area contributed by atoms with Gasteiger partial charge in [-0.25, -0.2) is 4.79 Å². The number of hydrogen-bond donors (Lipinski definition) is 2. The molecular formula is C15H27NO5. The van der Waals surface area contributed by atoms with Crippen LogP contribution in [0.25, 0.3) is 0 Å². The molecule has 6 heteroatoms. The third kappa shape index (κ3) is 6.01. The minimum atomic E-state index is -1.04. The molecule has 0 aromatic rings. The first-order valence-corrected chi connectivity index (χ1v) is 7.39. The highest BCUT2D eigenvalue weighted by Crippen LogP contribution is 2.37. The Hall–Kier alpha value is -1.14. The van der Waals surface area contributed by atoms with Gasteiger partial charge in [0.1, 0.15) is 6.04 Å². The van der Waals surface area contributed by atoms with Gasteiger partial charge in [0, 0.05) is 20.1 Å². The molecule has 0 bridgehead atoms. The second-order valence-electron chi connectivity index (χ2n) is 6.63. The second-order valence-corrected chi connectivity index (χ2v) is 6.63. The van der Waals surface area contributed by atoms with Gasteiger partial charge < -0.3 is 19.9 Å². The Bertz CT molecular complexity index is 365. The van der Waals surface area contributed by atoms with Crippen molar-refractivity contribution < 1.29 is 24.2 Å². The molecule has 0 heterocycles. The molecule has 21 heavy (non-hydrogen) atoms. The standard InChI is InChI=1S/C15H27NO5/c1-14(2,3)21-9-6-11(13(18)19)16-12(17)10-15(20-4)7-5-8-15/h11H,5-10H2,1-4H3,(H,16,17)(H,18,19). The predicted octanol–water partition coefficient (Wildman–Crippen LogP) is 1.72. The number of carbonyl (C=O) groups is 2. The van der Waals surface area contributed by atoms with E-state index in [0.29, 0.717) is 0 Å². The quantitative estimate of drug-likeness (QED) is 0.713. The first-order chi connectivity index (χ1) is 9.67. The molecule has 1 aliphatic rings. The maximum Gasteiger partial charge on any atom is 0.326 e. The van der Waals surface area contributed by atoms with Gasteiger partial charge >= 0.3 is 5.97 Å². The lowest BCUT2D eigenvalue weighted by atomic mass is 9.77. The van der Waals surface area contributed by atoms with Crippen molar-refractivity contribution in [1.82, 2.24) is 5.32 Å². The van der Waals surface area contributed by atoms with Gasteiger partial charge in [-0.2, -0.15) is 0 Å². The summed E-state index contributed by atoms with van der Waals surface area (Å²) in [4.78, 5) is 23.2. The topological polar surface area (TPSA) is 84.9 Å². The van der Waals surface area contributed by atoms with E-state index in [1.165, 1.54) is 0 Å². The molecule has 1 amide bonds. The van der Waals surface area contributed by atoms with Crippen LogP contribution in [0.1, 0.15) is 52.9 Å². The van der Waals surface area contributed by atoms with E-state index >= 15 is 0 Å². The Labute approximate surface area is 126 Å². The number of rotatable bonds is 8. The van der Waals surface area contributed by atoms with Crippen molar-refractivity contribution in [2.45, 2.75) is 70.1 Å². The monoisotopic (exact) mass is 301 g/mol. The van der Waals surface area contributed by atoms with E-state index in [9.17, 15) is 14.7 Å². The molecule has 0 radical (unpaired) electrons. The van der Waals surface area contributed by atoms with E-state index in [1.807, 2.05) is 20.8 Å². The Kier molecular flexibility index (Phi) is 6.16. The van der Waals surface area contributed by atoms with E-state index in [0.717, 1.165) is 19.3 Å². The molecular weight excluding hydrogens is 274 g/mol. The summed E-state index contributed by atoms with van der Waals surface area (Å²) in [5, 5.41) is 11.7. The summed E-state index contributed by atoms with van der Waals surface area (Å²) < 4.78 is 10.9. The molecule has 122 valence electrons. The number of amides is 1. The molecule has 1 aliphatic carbocycles. The van der Waals surface area contributed by atoms with Crippen LogP contribution in [0.2, 0.25) is 0 Å². The molecule has 6 nitrogen and oxygen atoms in total. The van der Waals surface area contributed by atoms with Crippen molar-refractivity contribution in [1.29, 1.82) is 0 Å². The summed E-state index contributed by atoms with van der Waals surface area (Å²) >= 11 is 0. The van der Waals surface area contributed by atoms with Gasteiger partial charge in [-0.3, -0.25) is 4.79 Å². The third-order valence-corrected chi connectivity index (χ3v) is 3.76. The summed E-state index contributed by atoms with van der Waals surface area (Å²) in [5.74, 6) is -1.32. The van der Waals surface area contributed by atoms with Gasteiger partial charge in [0.05, 0.1) is 17.6 Å². The fourth-order valence-corrected chi connectivity index (χ4v) is 2.30. The van der Waals surface area contributed by atoms with Crippen LogP contribution in [-0.2, 0) is 19.1 Å². The van der Waals surface area contributed by atoms with Crippen molar-refractivity contribution in [2.75, 3.05) is 13.7 Å². The number of ether oxygens (including phenoxy) is 2. The summed E-state index contributed by atoms with van der Waals surface area (Å²) in [5.41, 5.74) is -0.714. The summed E-state index contributed by atoms with van der Waals surface area (Å²) in [6.45, 7) is 6.00. The Morgan fingerprint density at radius 3 is 2.33 bits per heavy atom. The number of carboxylic acid groups (broad SMARTS) is 1.